The molecule has 0 atom stereocenters. The van der Waals surface area contributed by atoms with E-state index < -0.39 is 0 Å². The molecule has 0 aliphatic heterocycles. The number of hydrogen-bond donors (Lipinski definition) is 0. The first kappa shape index (κ1) is 13.6. The van der Waals surface area contributed by atoms with Gasteiger partial charge in [0.25, 0.3) is 0 Å². The van der Waals surface area contributed by atoms with E-state index in [1.54, 1.807) is 7.11 Å². The third kappa shape index (κ3) is 2.28. The molecule has 1 aromatic carbocycles. The van der Waals surface area contributed by atoms with Crippen molar-refractivity contribution in [2.75, 3.05) is 7.11 Å². The van der Waals surface area contributed by atoms with E-state index in [1.165, 1.54) is 37.7 Å². The quantitative estimate of drug-likeness (QED) is 0.815. The lowest BCUT2D eigenvalue weighted by Gasteiger charge is -2.59. The van der Waals surface area contributed by atoms with Crippen LogP contribution in [0.2, 0.25) is 0 Å². The van der Waals surface area contributed by atoms with E-state index in [1.807, 2.05) is 12.1 Å². The average Bonchev–Trinajstić information content (AvgIpc) is 2.50. The zero-order valence-corrected chi connectivity index (χ0v) is 13.2. The zero-order valence-electron chi connectivity index (χ0n) is 13.2. The average molecular weight is 286 g/mol. The molecule has 5 rings (SSSR count). The van der Waals surface area contributed by atoms with E-state index in [0.29, 0.717) is 0 Å². The minimum atomic E-state index is 0.118. The maximum Gasteiger partial charge on any atom is 0.118 e. The van der Waals surface area contributed by atoms with Gasteiger partial charge >= 0.3 is 0 Å². The molecule has 2 heteroatoms. The molecule has 0 spiro atoms. The van der Waals surface area contributed by atoms with E-state index >= 15 is 0 Å². The van der Waals surface area contributed by atoms with E-state index in [2.05, 4.69) is 19.1 Å². The molecule has 0 radical (unpaired) electrons. The van der Waals surface area contributed by atoms with E-state index in [9.17, 15) is 0 Å². The van der Waals surface area contributed by atoms with Crippen LogP contribution in [0.25, 0.3) is 0 Å². The number of ether oxygens (including phenoxy) is 2. The van der Waals surface area contributed by atoms with E-state index in [-0.39, 0.29) is 5.60 Å². The SMILES string of the molecule is COc1ccc(COC2(C)C3CC4CC(C3)CC2C4)cc1. The zero-order chi connectivity index (χ0) is 14.4. The van der Waals surface area contributed by atoms with Crippen LogP contribution in [0.5, 0.6) is 5.75 Å². The summed E-state index contributed by atoms with van der Waals surface area (Å²) < 4.78 is 11.7. The Hall–Kier alpha value is -1.02. The van der Waals surface area contributed by atoms with Gasteiger partial charge in [0.15, 0.2) is 0 Å². The molecule has 4 bridgehead atoms. The van der Waals surface area contributed by atoms with E-state index in [0.717, 1.165) is 36.0 Å². The molecule has 0 unspecified atom stereocenters. The lowest BCUT2D eigenvalue weighted by atomic mass is 9.50. The third-order valence-corrected chi connectivity index (χ3v) is 6.47. The molecule has 21 heavy (non-hydrogen) atoms. The van der Waals surface area contributed by atoms with Crippen molar-refractivity contribution in [1.82, 2.24) is 0 Å². The summed E-state index contributed by atoms with van der Waals surface area (Å²) in [5, 5.41) is 0. The van der Waals surface area contributed by atoms with Gasteiger partial charge in [0.2, 0.25) is 0 Å². The second-order valence-corrected chi connectivity index (χ2v) is 7.63. The van der Waals surface area contributed by atoms with Gasteiger partial charge in [-0.05, 0) is 80.4 Å². The van der Waals surface area contributed by atoms with Gasteiger partial charge in [-0.2, -0.15) is 0 Å². The second-order valence-electron chi connectivity index (χ2n) is 7.63. The molecule has 4 fully saturated rings. The van der Waals surface area contributed by atoms with Crippen molar-refractivity contribution < 1.29 is 9.47 Å². The summed E-state index contributed by atoms with van der Waals surface area (Å²) in [5.41, 5.74) is 1.37. The Morgan fingerprint density at radius 2 is 1.52 bits per heavy atom. The summed E-state index contributed by atoms with van der Waals surface area (Å²) in [6.45, 7) is 3.13. The predicted octanol–water partition coefficient (Wildman–Crippen LogP) is 4.43. The highest BCUT2D eigenvalue weighted by molar-refractivity contribution is 5.26. The number of methoxy groups -OCH3 is 1. The second kappa shape index (κ2) is 5.01. The topological polar surface area (TPSA) is 18.5 Å². The summed E-state index contributed by atoms with van der Waals surface area (Å²) >= 11 is 0. The Morgan fingerprint density at radius 3 is 2.05 bits per heavy atom. The summed E-state index contributed by atoms with van der Waals surface area (Å²) in [7, 11) is 1.71. The normalized spacial score (nSPS) is 40.5. The van der Waals surface area contributed by atoms with Crippen molar-refractivity contribution in [2.45, 2.75) is 51.2 Å². The fourth-order valence-electron chi connectivity index (χ4n) is 5.32. The summed E-state index contributed by atoms with van der Waals surface area (Å²) in [6.07, 6.45) is 7.14. The van der Waals surface area contributed by atoms with Crippen molar-refractivity contribution in [3.05, 3.63) is 29.8 Å². The highest BCUT2D eigenvalue weighted by atomic mass is 16.5. The minimum absolute atomic E-state index is 0.118. The van der Waals surface area contributed by atoms with Gasteiger partial charge in [-0.15, -0.1) is 0 Å². The van der Waals surface area contributed by atoms with Crippen LogP contribution in [0.1, 0.15) is 44.6 Å². The lowest BCUT2D eigenvalue weighted by Crippen LogP contribution is -2.57. The van der Waals surface area contributed by atoms with Crippen LogP contribution >= 0.6 is 0 Å². The van der Waals surface area contributed by atoms with Crippen LogP contribution in [0.15, 0.2) is 24.3 Å². The van der Waals surface area contributed by atoms with Crippen molar-refractivity contribution in [3.8, 4) is 5.75 Å². The van der Waals surface area contributed by atoms with Crippen LogP contribution in [0, 0.1) is 23.7 Å². The number of rotatable bonds is 4. The van der Waals surface area contributed by atoms with Gasteiger partial charge in [-0.3, -0.25) is 0 Å². The van der Waals surface area contributed by atoms with Gasteiger partial charge in [-0.1, -0.05) is 12.1 Å². The number of benzene rings is 1. The molecule has 2 nitrogen and oxygen atoms in total. The standard InChI is InChI=1S/C19H26O2/c1-19(21-12-13-3-5-18(20-2)6-4-13)16-8-14-7-15(10-16)11-17(19)9-14/h3-6,14-17H,7-12H2,1-2H3. The van der Waals surface area contributed by atoms with Crippen molar-refractivity contribution in [1.29, 1.82) is 0 Å². The van der Waals surface area contributed by atoms with Crippen molar-refractivity contribution >= 4 is 0 Å². The highest BCUT2D eigenvalue weighted by Gasteiger charge is 2.55. The molecule has 114 valence electrons. The Bertz CT molecular complexity index is 477. The lowest BCUT2D eigenvalue weighted by molar-refractivity contribution is -0.199. The Kier molecular flexibility index (Phi) is 3.25. The predicted molar refractivity (Wildman–Crippen MR) is 83.2 cm³/mol. The molecular formula is C19H26O2. The van der Waals surface area contributed by atoms with Crippen molar-refractivity contribution in [3.63, 3.8) is 0 Å². The van der Waals surface area contributed by atoms with Crippen molar-refractivity contribution in [2.24, 2.45) is 23.7 Å². The molecule has 4 aliphatic rings. The summed E-state index contributed by atoms with van der Waals surface area (Å²) in [5.74, 6) is 4.52. The molecule has 0 amide bonds. The van der Waals surface area contributed by atoms with Gasteiger partial charge in [0, 0.05) is 0 Å². The highest BCUT2D eigenvalue weighted by Crippen LogP contribution is 2.59. The molecule has 0 aromatic heterocycles. The molecule has 0 N–H and O–H groups in total. The largest absolute Gasteiger partial charge is 0.497 e. The molecule has 4 aliphatic carbocycles. The molecule has 0 heterocycles. The smallest absolute Gasteiger partial charge is 0.118 e. The van der Waals surface area contributed by atoms with E-state index in [4.69, 9.17) is 9.47 Å². The van der Waals surface area contributed by atoms with Gasteiger partial charge < -0.3 is 9.47 Å². The monoisotopic (exact) mass is 286 g/mol. The first-order valence-corrected chi connectivity index (χ1v) is 8.44. The summed E-state index contributed by atoms with van der Waals surface area (Å²) in [6, 6.07) is 8.30. The van der Waals surface area contributed by atoms with Crippen LogP contribution in [-0.4, -0.2) is 12.7 Å². The first-order chi connectivity index (χ1) is 10.2. The molecular weight excluding hydrogens is 260 g/mol. The molecule has 1 aromatic rings. The first-order valence-electron chi connectivity index (χ1n) is 8.44. The molecule has 4 saturated carbocycles. The maximum absolute atomic E-state index is 6.53. The van der Waals surface area contributed by atoms with Crippen LogP contribution < -0.4 is 4.74 Å². The maximum atomic E-state index is 6.53. The van der Waals surface area contributed by atoms with Gasteiger partial charge in [-0.25, -0.2) is 0 Å². The summed E-state index contributed by atoms with van der Waals surface area (Å²) in [4.78, 5) is 0. The van der Waals surface area contributed by atoms with Gasteiger partial charge in [0.05, 0.1) is 19.3 Å². The number of hydrogen-bond acceptors (Lipinski definition) is 2. The van der Waals surface area contributed by atoms with Crippen LogP contribution in [0.4, 0.5) is 0 Å². The fourth-order valence-corrected chi connectivity index (χ4v) is 5.32. The third-order valence-electron chi connectivity index (χ3n) is 6.47. The molecule has 0 saturated heterocycles. The van der Waals surface area contributed by atoms with Gasteiger partial charge in [0.1, 0.15) is 5.75 Å². The van der Waals surface area contributed by atoms with Crippen LogP contribution in [0.3, 0.4) is 0 Å². The minimum Gasteiger partial charge on any atom is -0.497 e. The Balaban J connectivity index is 1.46. The fraction of sp³-hybridized carbons (Fsp3) is 0.684. The van der Waals surface area contributed by atoms with Crippen LogP contribution in [-0.2, 0) is 11.3 Å². The Labute approximate surface area is 127 Å². The Morgan fingerprint density at radius 1 is 0.952 bits per heavy atom.